The lowest BCUT2D eigenvalue weighted by Crippen LogP contribution is -2.43. The van der Waals surface area contributed by atoms with Gasteiger partial charge >= 0.3 is 0 Å². The van der Waals surface area contributed by atoms with Gasteiger partial charge in [-0.25, -0.2) is 4.98 Å². The van der Waals surface area contributed by atoms with Gasteiger partial charge in [-0.3, -0.25) is 14.5 Å². The molecule has 0 saturated carbocycles. The highest BCUT2D eigenvalue weighted by Crippen LogP contribution is 2.42. The largest absolute Gasteiger partial charge is 0.503 e. The number of Topliss-reactive ketones (excluding diaryl/α,β-unsaturated/α-hetero) is 1. The van der Waals surface area contributed by atoms with E-state index < -0.39 is 23.5 Å². The molecule has 0 spiro atoms. The minimum absolute atomic E-state index is 0.0544. The summed E-state index contributed by atoms with van der Waals surface area (Å²) in [5.74, 6) is -0.475. The van der Waals surface area contributed by atoms with Gasteiger partial charge in [-0.05, 0) is 37.1 Å². The molecule has 1 atom stereocenters. The van der Waals surface area contributed by atoms with E-state index in [9.17, 15) is 14.7 Å². The Morgan fingerprint density at radius 1 is 1.10 bits per heavy atom. The molecule has 1 saturated heterocycles. The molecule has 40 heavy (non-hydrogen) atoms. The predicted molar refractivity (Wildman–Crippen MR) is 151 cm³/mol. The third kappa shape index (κ3) is 5.74. The number of carbonyl (C=O) groups excluding carboxylic acids is 2. The number of aromatic nitrogens is 1. The number of morpholine rings is 1. The van der Waals surface area contributed by atoms with Gasteiger partial charge in [0, 0.05) is 26.2 Å². The Bertz CT molecular complexity index is 1410. The summed E-state index contributed by atoms with van der Waals surface area (Å²) < 4.78 is 17.1. The van der Waals surface area contributed by atoms with Gasteiger partial charge in [-0.1, -0.05) is 36.4 Å². The summed E-state index contributed by atoms with van der Waals surface area (Å²) in [6.45, 7) is 7.67. The predicted octanol–water partition coefficient (Wildman–Crippen LogP) is 4.26. The van der Waals surface area contributed by atoms with Crippen LogP contribution in [-0.4, -0.2) is 78.1 Å². The molecule has 2 aliphatic rings. The molecule has 3 aromatic rings. The average Bonchev–Trinajstić information content (AvgIpc) is 3.45. The number of amides is 1. The van der Waals surface area contributed by atoms with E-state index in [1.165, 1.54) is 11.3 Å². The third-order valence-corrected chi connectivity index (χ3v) is 8.23. The van der Waals surface area contributed by atoms with Gasteiger partial charge < -0.3 is 24.2 Å². The minimum Gasteiger partial charge on any atom is -0.503 e. The lowest BCUT2D eigenvalue weighted by molar-refractivity contribution is -0.129. The van der Waals surface area contributed by atoms with Crippen LogP contribution in [0.3, 0.4) is 0 Å². The Morgan fingerprint density at radius 3 is 2.52 bits per heavy atom. The summed E-state index contributed by atoms with van der Waals surface area (Å²) in [6.07, 6.45) is 0. The Morgan fingerprint density at radius 2 is 1.85 bits per heavy atom. The maximum absolute atomic E-state index is 13.8. The number of hydrogen-bond donors (Lipinski definition) is 1. The molecular weight excluding hydrogens is 530 g/mol. The molecule has 1 aromatic heterocycles. The highest BCUT2D eigenvalue weighted by atomic mass is 32.1. The number of aryl methyl sites for hydroxylation is 2. The van der Waals surface area contributed by atoms with Crippen molar-refractivity contribution in [3.8, 4) is 11.5 Å². The van der Waals surface area contributed by atoms with Crippen LogP contribution in [0, 0.1) is 13.8 Å². The number of nitrogens with zero attached hydrogens (tertiary/aromatic N) is 3. The normalized spacial score (nSPS) is 17.9. The van der Waals surface area contributed by atoms with Crippen LogP contribution >= 0.6 is 11.3 Å². The molecule has 210 valence electrons. The second-order valence-corrected chi connectivity index (χ2v) is 11.0. The third-order valence-electron chi connectivity index (χ3n) is 7.16. The molecule has 1 fully saturated rings. The second kappa shape index (κ2) is 12.2. The SMILES string of the molecule is COc1cc(C2C(C(=O)c3sc(C)nc3C)=C(O)C(=O)N2CCN2CCOCC2)ccc1OCc1ccccc1. The molecule has 10 heteroatoms. The van der Waals surface area contributed by atoms with Crippen molar-refractivity contribution < 1.29 is 28.9 Å². The van der Waals surface area contributed by atoms with Crippen LogP contribution in [0.15, 0.2) is 59.9 Å². The minimum atomic E-state index is -0.792. The molecule has 1 amide bonds. The summed E-state index contributed by atoms with van der Waals surface area (Å²) in [6, 6.07) is 14.4. The summed E-state index contributed by atoms with van der Waals surface area (Å²) in [7, 11) is 1.55. The van der Waals surface area contributed by atoms with E-state index in [-0.39, 0.29) is 5.57 Å². The first-order valence-corrected chi connectivity index (χ1v) is 14.1. The Kier molecular flexibility index (Phi) is 8.49. The molecule has 2 aromatic carbocycles. The van der Waals surface area contributed by atoms with Crippen LogP contribution < -0.4 is 9.47 Å². The lowest BCUT2D eigenvalue weighted by atomic mass is 9.94. The number of benzene rings is 2. The highest BCUT2D eigenvalue weighted by Gasteiger charge is 2.44. The van der Waals surface area contributed by atoms with Crippen molar-refractivity contribution in [3.05, 3.63) is 86.6 Å². The van der Waals surface area contributed by atoms with Crippen LogP contribution in [0.5, 0.6) is 11.5 Å². The molecule has 5 rings (SSSR count). The van der Waals surface area contributed by atoms with Crippen LogP contribution in [0.25, 0.3) is 0 Å². The van der Waals surface area contributed by atoms with Gasteiger partial charge in [0.25, 0.3) is 5.91 Å². The average molecular weight is 564 g/mol. The van der Waals surface area contributed by atoms with Crippen molar-refractivity contribution in [2.45, 2.75) is 26.5 Å². The maximum atomic E-state index is 13.8. The molecule has 0 bridgehead atoms. The maximum Gasteiger partial charge on any atom is 0.290 e. The molecular formula is C30H33N3O6S. The van der Waals surface area contributed by atoms with E-state index in [0.717, 1.165) is 23.7 Å². The molecule has 0 aliphatic carbocycles. The standard InChI is InChI=1S/C30H33N3O6S/c1-19-29(40-20(2)31-19)27(34)25-26(33(30(36)28(25)35)12-11-32-13-15-38-16-14-32)22-9-10-23(24(17-22)37-3)39-18-21-7-5-4-6-8-21/h4-10,17,26,35H,11-16,18H2,1-3H3. The molecule has 9 nitrogen and oxygen atoms in total. The van der Waals surface area contributed by atoms with E-state index in [2.05, 4.69) is 9.88 Å². The zero-order chi connectivity index (χ0) is 28.2. The zero-order valence-electron chi connectivity index (χ0n) is 22.9. The van der Waals surface area contributed by atoms with Crippen molar-refractivity contribution in [1.82, 2.24) is 14.8 Å². The van der Waals surface area contributed by atoms with Crippen molar-refractivity contribution >= 4 is 23.0 Å². The number of hydrogen-bond acceptors (Lipinski definition) is 9. The van der Waals surface area contributed by atoms with Crippen molar-refractivity contribution in [1.29, 1.82) is 0 Å². The summed E-state index contributed by atoms with van der Waals surface area (Å²) in [5.41, 5.74) is 2.29. The first kappa shape index (κ1) is 27.8. The smallest absolute Gasteiger partial charge is 0.290 e. The Balaban J connectivity index is 1.48. The second-order valence-electron chi connectivity index (χ2n) is 9.78. The monoisotopic (exact) mass is 563 g/mol. The molecule has 3 heterocycles. The van der Waals surface area contributed by atoms with E-state index in [4.69, 9.17) is 14.2 Å². The van der Waals surface area contributed by atoms with Gasteiger partial charge in [-0.15, -0.1) is 11.3 Å². The lowest BCUT2D eigenvalue weighted by Gasteiger charge is -2.32. The Hall–Kier alpha value is -3.73. The number of methoxy groups -OCH3 is 1. The van der Waals surface area contributed by atoms with Gasteiger partial charge in [0.05, 0.1) is 47.5 Å². The quantitative estimate of drug-likeness (QED) is 0.365. The Labute approximate surface area is 237 Å². The zero-order valence-corrected chi connectivity index (χ0v) is 23.7. The number of aliphatic hydroxyl groups is 1. The van der Waals surface area contributed by atoms with Crippen molar-refractivity contribution in [2.75, 3.05) is 46.5 Å². The molecule has 0 radical (unpaired) electrons. The van der Waals surface area contributed by atoms with Gasteiger partial charge in [0.15, 0.2) is 17.3 Å². The van der Waals surface area contributed by atoms with Crippen LogP contribution in [0.4, 0.5) is 0 Å². The van der Waals surface area contributed by atoms with Crippen LogP contribution in [-0.2, 0) is 16.1 Å². The number of thiazole rings is 1. The van der Waals surface area contributed by atoms with Crippen LogP contribution in [0.1, 0.15) is 37.5 Å². The van der Waals surface area contributed by atoms with E-state index in [0.29, 0.717) is 60.5 Å². The number of ether oxygens (including phenoxy) is 3. The van der Waals surface area contributed by atoms with Gasteiger partial charge in [0.1, 0.15) is 6.61 Å². The fraction of sp³-hybridized carbons (Fsp3) is 0.367. The molecule has 1 unspecified atom stereocenters. The van der Waals surface area contributed by atoms with E-state index in [1.54, 1.807) is 31.1 Å². The van der Waals surface area contributed by atoms with Crippen molar-refractivity contribution in [2.24, 2.45) is 0 Å². The number of ketones is 1. The first-order chi connectivity index (χ1) is 19.4. The van der Waals surface area contributed by atoms with E-state index >= 15 is 0 Å². The number of rotatable bonds is 10. The van der Waals surface area contributed by atoms with Crippen LogP contribution in [0.2, 0.25) is 0 Å². The summed E-state index contributed by atoms with van der Waals surface area (Å²) in [5, 5.41) is 11.8. The highest BCUT2D eigenvalue weighted by molar-refractivity contribution is 7.14. The molecule has 2 aliphatic heterocycles. The topological polar surface area (TPSA) is 101 Å². The van der Waals surface area contributed by atoms with E-state index in [1.807, 2.05) is 43.3 Å². The van der Waals surface area contributed by atoms with Gasteiger partial charge in [0.2, 0.25) is 5.78 Å². The number of aliphatic hydroxyl groups excluding tert-OH is 1. The molecule has 1 N–H and O–H groups in total. The van der Waals surface area contributed by atoms with Crippen molar-refractivity contribution in [3.63, 3.8) is 0 Å². The fourth-order valence-electron chi connectivity index (χ4n) is 5.11. The first-order valence-electron chi connectivity index (χ1n) is 13.2. The van der Waals surface area contributed by atoms with Gasteiger partial charge in [-0.2, -0.15) is 0 Å². The fourth-order valence-corrected chi connectivity index (χ4v) is 5.98. The summed E-state index contributed by atoms with van der Waals surface area (Å²) in [4.78, 5) is 35.9. The number of carbonyl (C=O) groups is 2. The summed E-state index contributed by atoms with van der Waals surface area (Å²) >= 11 is 1.26.